The highest BCUT2D eigenvalue weighted by atomic mass is 19.4. The monoisotopic (exact) mass is 258 g/mol. The minimum absolute atomic E-state index is 0.139. The van der Waals surface area contributed by atoms with Crippen molar-refractivity contribution in [2.24, 2.45) is 5.92 Å². The molecule has 0 saturated carbocycles. The summed E-state index contributed by atoms with van der Waals surface area (Å²) in [6.07, 6.45) is -3.81. The van der Waals surface area contributed by atoms with Gasteiger partial charge in [-0.1, -0.05) is 18.2 Å². The molecule has 5 heteroatoms. The summed E-state index contributed by atoms with van der Waals surface area (Å²) in [5.74, 6) is -1.14. The van der Waals surface area contributed by atoms with E-state index in [0.717, 1.165) is 5.69 Å². The van der Waals surface area contributed by atoms with Crippen molar-refractivity contribution in [2.45, 2.75) is 12.6 Å². The van der Waals surface area contributed by atoms with Crippen molar-refractivity contribution in [1.82, 2.24) is 4.90 Å². The third-order valence-electron chi connectivity index (χ3n) is 3.27. The molecule has 18 heavy (non-hydrogen) atoms. The number of nitrogens with one attached hydrogen (secondary N) is 1. The summed E-state index contributed by atoms with van der Waals surface area (Å²) in [4.78, 5) is 1.87. The molecule has 0 aliphatic carbocycles. The molecule has 1 atom stereocenters. The van der Waals surface area contributed by atoms with Gasteiger partial charge in [-0.2, -0.15) is 13.2 Å². The van der Waals surface area contributed by atoms with Crippen LogP contribution in [0.25, 0.3) is 0 Å². The molecular formula is C13H17F3N2. The number of para-hydroxylation sites is 1. The Kier molecular flexibility index (Phi) is 4.11. The molecule has 1 heterocycles. The third kappa shape index (κ3) is 3.63. The molecule has 1 saturated heterocycles. The molecule has 1 aromatic carbocycles. The average molecular weight is 258 g/mol. The van der Waals surface area contributed by atoms with Crippen LogP contribution in [0.2, 0.25) is 0 Å². The van der Waals surface area contributed by atoms with Crippen LogP contribution < -0.4 is 5.32 Å². The van der Waals surface area contributed by atoms with Crippen LogP contribution in [0.4, 0.5) is 18.9 Å². The summed E-state index contributed by atoms with van der Waals surface area (Å²) in [6, 6.07) is 9.68. The summed E-state index contributed by atoms with van der Waals surface area (Å²) < 4.78 is 37.4. The quantitative estimate of drug-likeness (QED) is 0.893. The van der Waals surface area contributed by atoms with E-state index < -0.39 is 12.1 Å². The zero-order chi connectivity index (χ0) is 13.0. The first-order chi connectivity index (χ1) is 8.55. The SMILES string of the molecule is FC(F)(F)C1CCN(CCNc2ccccc2)C1. The molecular weight excluding hydrogens is 241 g/mol. The summed E-state index contributed by atoms with van der Waals surface area (Å²) in [7, 11) is 0. The average Bonchev–Trinajstić information content (AvgIpc) is 2.79. The normalized spacial score (nSPS) is 21.2. The molecule has 0 amide bonds. The van der Waals surface area contributed by atoms with Crippen molar-refractivity contribution < 1.29 is 13.2 Å². The van der Waals surface area contributed by atoms with E-state index in [9.17, 15) is 13.2 Å². The Labute approximate surface area is 105 Å². The smallest absolute Gasteiger partial charge is 0.384 e. The lowest BCUT2D eigenvalue weighted by atomic mass is 10.1. The summed E-state index contributed by atoms with van der Waals surface area (Å²) in [6.45, 7) is 2.01. The second kappa shape index (κ2) is 5.61. The van der Waals surface area contributed by atoms with Crippen molar-refractivity contribution >= 4 is 5.69 Å². The van der Waals surface area contributed by atoms with Crippen LogP contribution >= 0.6 is 0 Å². The van der Waals surface area contributed by atoms with Gasteiger partial charge in [0, 0.05) is 25.3 Å². The maximum absolute atomic E-state index is 12.5. The van der Waals surface area contributed by atoms with Crippen LogP contribution in [-0.4, -0.2) is 37.3 Å². The van der Waals surface area contributed by atoms with Crippen LogP contribution in [0.1, 0.15) is 6.42 Å². The summed E-state index contributed by atoms with van der Waals surface area (Å²) in [5.41, 5.74) is 1.00. The van der Waals surface area contributed by atoms with E-state index in [1.165, 1.54) is 0 Å². The predicted octanol–water partition coefficient (Wildman–Crippen LogP) is 2.98. The zero-order valence-electron chi connectivity index (χ0n) is 10.1. The lowest BCUT2D eigenvalue weighted by Crippen LogP contribution is -2.30. The molecule has 2 nitrogen and oxygen atoms in total. The fourth-order valence-electron chi connectivity index (χ4n) is 2.22. The summed E-state index contributed by atoms with van der Waals surface area (Å²) in [5, 5.41) is 3.20. The van der Waals surface area contributed by atoms with Crippen LogP contribution in [0.3, 0.4) is 0 Å². The highest BCUT2D eigenvalue weighted by Gasteiger charge is 2.43. The fourth-order valence-corrected chi connectivity index (χ4v) is 2.22. The molecule has 0 radical (unpaired) electrons. The molecule has 2 rings (SSSR count). The lowest BCUT2D eigenvalue weighted by molar-refractivity contribution is -0.170. The number of alkyl halides is 3. The largest absolute Gasteiger partial charge is 0.393 e. The third-order valence-corrected chi connectivity index (χ3v) is 3.27. The highest BCUT2D eigenvalue weighted by molar-refractivity contribution is 5.42. The summed E-state index contributed by atoms with van der Waals surface area (Å²) >= 11 is 0. The predicted molar refractivity (Wildman–Crippen MR) is 65.5 cm³/mol. The van der Waals surface area contributed by atoms with Gasteiger partial charge in [-0.25, -0.2) is 0 Å². The number of nitrogens with zero attached hydrogens (tertiary/aromatic N) is 1. The Morgan fingerprint density at radius 2 is 1.94 bits per heavy atom. The molecule has 100 valence electrons. The first kappa shape index (κ1) is 13.2. The van der Waals surface area contributed by atoms with Gasteiger partial charge in [-0.05, 0) is 25.1 Å². The Morgan fingerprint density at radius 3 is 2.56 bits per heavy atom. The molecule has 1 unspecified atom stereocenters. The highest BCUT2D eigenvalue weighted by Crippen LogP contribution is 2.33. The van der Waals surface area contributed by atoms with Gasteiger partial charge >= 0.3 is 6.18 Å². The van der Waals surface area contributed by atoms with Gasteiger partial charge in [0.2, 0.25) is 0 Å². The van der Waals surface area contributed by atoms with E-state index in [1.54, 1.807) is 0 Å². The van der Waals surface area contributed by atoms with Gasteiger partial charge in [0.15, 0.2) is 0 Å². The number of hydrogen-bond donors (Lipinski definition) is 1. The van der Waals surface area contributed by atoms with Crippen LogP contribution in [0.5, 0.6) is 0 Å². The van der Waals surface area contributed by atoms with Crippen LogP contribution in [0, 0.1) is 5.92 Å². The van der Waals surface area contributed by atoms with Crippen molar-refractivity contribution in [2.75, 3.05) is 31.5 Å². The number of likely N-dealkylation sites (tertiary alicyclic amines) is 1. The molecule has 1 N–H and O–H groups in total. The Bertz CT molecular complexity index is 364. The first-order valence-electron chi connectivity index (χ1n) is 6.14. The maximum atomic E-state index is 12.5. The van der Waals surface area contributed by atoms with Crippen LogP contribution in [-0.2, 0) is 0 Å². The van der Waals surface area contributed by atoms with E-state index in [1.807, 2.05) is 35.2 Å². The van der Waals surface area contributed by atoms with E-state index >= 15 is 0 Å². The van der Waals surface area contributed by atoms with Gasteiger partial charge in [0.25, 0.3) is 0 Å². The van der Waals surface area contributed by atoms with Gasteiger partial charge < -0.3 is 10.2 Å². The number of rotatable bonds is 4. The van der Waals surface area contributed by atoms with Gasteiger partial charge in [0.05, 0.1) is 5.92 Å². The number of hydrogen-bond acceptors (Lipinski definition) is 2. The standard InChI is InChI=1S/C13H17F3N2/c14-13(15,16)11-6-8-18(10-11)9-7-17-12-4-2-1-3-5-12/h1-5,11,17H,6-10H2. The van der Waals surface area contributed by atoms with E-state index in [4.69, 9.17) is 0 Å². The zero-order valence-corrected chi connectivity index (χ0v) is 10.1. The molecule has 0 bridgehead atoms. The lowest BCUT2D eigenvalue weighted by Gasteiger charge is -2.18. The minimum Gasteiger partial charge on any atom is -0.384 e. The molecule has 0 spiro atoms. The molecule has 1 aromatic rings. The van der Waals surface area contributed by atoms with Crippen molar-refractivity contribution in [3.8, 4) is 0 Å². The minimum atomic E-state index is -4.04. The van der Waals surface area contributed by atoms with E-state index in [0.29, 0.717) is 19.6 Å². The van der Waals surface area contributed by atoms with Crippen molar-refractivity contribution in [1.29, 1.82) is 0 Å². The van der Waals surface area contributed by atoms with Crippen molar-refractivity contribution in [3.05, 3.63) is 30.3 Å². The van der Waals surface area contributed by atoms with E-state index in [-0.39, 0.29) is 13.0 Å². The second-order valence-electron chi connectivity index (χ2n) is 4.62. The van der Waals surface area contributed by atoms with Crippen molar-refractivity contribution in [3.63, 3.8) is 0 Å². The Morgan fingerprint density at radius 1 is 1.22 bits per heavy atom. The fraction of sp³-hybridized carbons (Fsp3) is 0.538. The van der Waals surface area contributed by atoms with Gasteiger partial charge in [-0.3, -0.25) is 0 Å². The first-order valence-corrected chi connectivity index (χ1v) is 6.14. The molecule has 1 aliphatic rings. The number of anilines is 1. The van der Waals surface area contributed by atoms with Gasteiger partial charge in [-0.15, -0.1) is 0 Å². The number of halogens is 3. The van der Waals surface area contributed by atoms with Gasteiger partial charge in [0.1, 0.15) is 0 Å². The Balaban J connectivity index is 1.70. The second-order valence-corrected chi connectivity index (χ2v) is 4.62. The molecule has 1 aliphatic heterocycles. The van der Waals surface area contributed by atoms with Crippen LogP contribution in [0.15, 0.2) is 30.3 Å². The molecule has 1 fully saturated rings. The molecule has 0 aromatic heterocycles. The maximum Gasteiger partial charge on any atom is 0.393 e. The Hall–Kier alpha value is -1.23. The number of benzene rings is 1. The van der Waals surface area contributed by atoms with E-state index in [2.05, 4.69) is 5.32 Å². The topological polar surface area (TPSA) is 15.3 Å².